The van der Waals surface area contributed by atoms with E-state index in [4.69, 9.17) is 14.2 Å². The molecule has 0 bridgehead atoms. The third-order valence-electron chi connectivity index (χ3n) is 7.70. The van der Waals surface area contributed by atoms with Gasteiger partial charge in [-0.3, -0.25) is 9.59 Å². The van der Waals surface area contributed by atoms with E-state index in [2.05, 4.69) is 20.9 Å². The van der Waals surface area contributed by atoms with Gasteiger partial charge in [0, 0.05) is 31.3 Å². The second-order valence-corrected chi connectivity index (χ2v) is 10.8. The van der Waals surface area contributed by atoms with Crippen molar-refractivity contribution in [3.63, 3.8) is 0 Å². The van der Waals surface area contributed by atoms with Crippen molar-refractivity contribution in [2.24, 2.45) is 0 Å². The average molecular weight is 595 g/mol. The zero-order valence-corrected chi connectivity index (χ0v) is 24.1. The lowest BCUT2D eigenvalue weighted by atomic mass is 10.0. The number of nitrogens with zero attached hydrogens (tertiary/aromatic N) is 1. The van der Waals surface area contributed by atoms with Gasteiger partial charge in [-0.25, -0.2) is 4.79 Å². The predicted molar refractivity (Wildman–Crippen MR) is 165 cm³/mol. The zero-order valence-electron chi connectivity index (χ0n) is 24.1. The number of hydrogen-bond acceptors (Lipinski definition) is 7. The van der Waals surface area contributed by atoms with E-state index in [0.29, 0.717) is 19.0 Å². The summed E-state index contributed by atoms with van der Waals surface area (Å²) in [7, 11) is 0. The van der Waals surface area contributed by atoms with E-state index < -0.39 is 30.3 Å². The van der Waals surface area contributed by atoms with Crippen molar-refractivity contribution in [2.75, 3.05) is 31.2 Å². The number of hydrogen-bond donors (Lipinski definition) is 3. The van der Waals surface area contributed by atoms with Crippen molar-refractivity contribution in [3.8, 4) is 5.75 Å². The maximum Gasteiger partial charge on any atom is 0.408 e. The summed E-state index contributed by atoms with van der Waals surface area (Å²) in [5.41, 5.74) is 2.66. The van der Waals surface area contributed by atoms with Crippen LogP contribution < -0.4 is 25.6 Å². The molecule has 2 saturated heterocycles. The molecule has 10 nitrogen and oxygen atoms in total. The van der Waals surface area contributed by atoms with Crippen molar-refractivity contribution in [2.45, 2.75) is 31.3 Å². The van der Waals surface area contributed by atoms with Crippen LogP contribution in [0.1, 0.15) is 11.1 Å². The van der Waals surface area contributed by atoms with Crippen LogP contribution in [0, 0.1) is 0 Å². The molecule has 226 valence electrons. The maximum atomic E-state index is 13.6. The Morgan fingerprint density at radius 1 is 0.886 bits per heavy atom. The Morgan fingerprint density at radius 2 is 1.66 bits per heavy atom. The standard InChI is InChI=1S/C34H34N4O6/c39-31(36-30-32(40)37-33(30)44-28-12-6-11-27(21-28)38-15-17-42-18-16-38)29(35-34(41)43-22-23-7-2-1-3-8-23)20-24-13-14-25-9-4-5-10-26(25)19-24/h1-14,19,21,29-30,33H,15-18,20,22H2,(H,35,41)(H,36,39)(H,37,40)/t29-,30+,33+/m0/s1. The summed E-state index contributed by atoms with van der Waals surface area (Å²) in [4.78, 5) is 41.2. The number of β-lactam (4-membered cyclic amide) rings is 1. The molecule has 6 rings (SSSR count). The molecule has 3 atom stereocenters. The number of carbonyl (C=O) groups excluding carboxylic acids is 3. The molecule has 4 aromatic rings. The van der Waals surface area contributed by atoms with Gasteiger partial charge in [0.1, 0.15) is 18.4 Å². The first kappa shape index (κ1) is 29.0. The molecule has 2 fully saturated rings. The van der Waals surface area contributed by atoms with Crippen LogP contribution >= 0.6 is 0 Å². The normalized spacial score (nSPS) is 18.5. The van der Waals surface area contributed by atoms with Crippen LogP contribution in [0.5, 0.6) is 5.75 Å². The summed E-state index contributed by atoms with van der Waals surface area (Å²) in [5.74, 6) is -0.331. The number of amides is 3. The number of fused-ring (bicyclic) bond motifs is 1. The number of anilines is 1. The van der Waals surface area contributed by atoms with Crippen molar-refractivity contribution < 1.29 is 28.6 Å². The third-order valence-corrected chi connectivity index (χ3v) is 7.70. The summed E-state index contributed by atoms with van der Waals surface area (Å²) in [6.45, 7) is 2.93. The number of benzene rings is 4. The van der Waals surface area contributed by atoms with Gasteiger partial charge in [0.05, 0.1) is 13.2 Å². The first-order chi connectivity index (χ1) is 21.5. The summed E-state index contributed by atoms with van der Waals surface area (Å²) in [5, 5.41) is 10.3. The largest absolute Gasteiger partial charge is 0.468 e. The van der Waals surface area contributed by atoms with Crippen LogP contribution in [0.25, 0.3) is 10.8 Å². The minimum absolute atomic E-state index is 0.0570. The Hall–Kier alpha value is -5.09. The van der Waals surface area contributed by atoms with Gasteiger partial charge >= 0.3 is 6.09 Å². The maximum absolute atomic E-state index is 13.6. The minimum Gasteiger partial charge on any atom is -0.468 e. The number of carbonyl (C=O) groups is 3. The second kappa shape index (κ2) is 13.5. The molecule has 0 spiro atoms. The van der Waals surface area contributed by atoms with E-state index in [1.165, 1.54) is 0 Å². The van der Waals surface area contributed by atoms with E-state index in [9.17, 15) is 14.4 Å². The minimum atomic E-state index is -1.00. The van der Waals surface area contributed by atoms with Crippen LogP contribution in [-0.4, -0.2) is 62.5 Å². The molecule has 10 heteroatoms. The van der Waals surface area contributed by atoms with Crippen molar-refractivity contribution >= 4 is 34.4 Å². The highest BCUT2D eigenvalue weighted by atomic mass is 16.5. The SMILES string of the molecule is O=C(N[C@@H](Cc1ccc2ccccc2c1)C(=O)N[C@@H]1C(=O)N[C@@H]1Oc1cccc(N2CCOCC2)c1)OCc1ccccc1. The molecule has 0 aliphatic carbocycles. The van der Waals surface area contributed by atoms with Gasteiger partial charge < -0.3 is 35.1 Å². The lowest BCUT2D eigenvalue weighted by molar-refractivity contribution is -0.143. The van der Waals surface area contributed by atoms with Gasteiger partial charge in [0.2, 0.25) is 12.1 Å². The number of nitrogens with one attached hydrogen (secondary N) is 3. The molecule has 2 heterocycles. The first-order valence-corrected chi connectivity index (χ1v) is 14.7. The van der Waals surface area contributed by atoms with Crippen LogP contribution in [0.15, 0.2) is 97.1 Å². The van der Waals surface area contributed by atoms with Crippen LogP contribution in [0.2, 0.25) is 0 Å². The average Bonchev–Trinajstić information content (AvgIpc) is 3.06. The molecule has 2 aliphatic rings. The Balaban J connectivity index is 1.13. The lowest BCUT2D eigenvalue weighted by Gasteiger charge is -2.37. The monoisotopic (exact) mass is 594 g/mol. The van der Waals surface area contributed by atoms with Crippen molar-refractivity contribution in [1.29, 1.82) is 0 Å². The van der Waals surface area contributed by atoms with E-state index in [1.54, 1.807) is 6.07 Å². The fraction of sp³-hybridized carbons (Fsp3) is 0.265. The summed E-state index contributed by atoms with van der Waals surface area (Å²) < 4.78 is 16.9. The molecule has 2 aliphatic heterocycles. The highest BCUT2D eigenvalue weighted by molar-refractivity contribution is 5.95. The van der Waals surface area contributed by atoms with Crippen LogP contribution in [0.4, 0.5) is 10.5 Å². The number of alkyl carbamates (subject to hydrolysis) is 1. The van der Waals surface area contributed by atoms with Gasteiger partial charge in [0.25, 0.3) is 5.91 Å². The van der Waals surface area contributed by atoms with E-state index >= 15 is 0 Å². The molecule has 0 saturated carbocycles. The quantitative estimate of drug-likeness (QED) is 0.241. The van der Waals surface area contributed by atoms with Gasteiger partial charge in [-0.2, -0.15) is 0 Å². The number of ether oxygens (including phenoxy) is 3. The van der Waals surface area contributed by atoms with Gasteiger partial charge in [-0.15, -0.1) is 0 Å². The second-order valence-electron chi connectivity index (χ2n) is 10.8. The molecule has 4 aromatic carbocycles. The highest BCUT2D eigenvalue weighted by Crippen LogP contribution is 2.24. The molecule has 3 amide bonds. The smallest absolute Gasteiger partial charge is 0.408 e. The third kappa shape index (κ3) is 7.09. The highest BCUT2D eigenvalue weighted by Gasteiger charge is 2.43. The van der Waals surface area contributed by atoms with Gasteiger partial charge in [-0.05, 0) is 34.0 Å². The lowest BCUT2D eigenvalue weighted by Crippen LogP contribution is -2.72. The number of rotatable bonds is 10. The van der Waals surface area contributed by atoms with E-state index in [-0.39, 0.29) is 18.9 Å². The Labute approximate surface area is 255 Å². The van der Waals surface area contributed by atoms with E-state index in [0.717, 1.165) is 40.7 Å². The topological polar surface area (TPSA) is 118 Å². The Bertz CT molecular complexity index is 1620. The fourth-order valence-corrected chi connectivity index (χ4v) is 5.29. The summed E-state index contributed by atoms with van der Waals surface area (Å²) in [6.07, 6.45) is -1.31. The number of morpholine rings is 1. The molecule has 0 radical (unpaired) electrons. The van der Waals surface area contributed by atoms with Crippen molar-refractivity contribution in [1.82, 2.24) is 16.0 Å². The molecule has 0 aromatic heterocycles. The van der Waals surface area contributed by atoms with Gasteiger partial charge in [-0.1, -0.05) is 78.9 Å². The molecular formula is C34H34N4O6. The van der Waals surface area contributed by atoms with Crippen LogP contribution in [0.3, 0.4) is 0 Å². The molecule has 44 heavy (non-hydrogen) atoms. The molecule has 0 unspecified atom stereocenters. The van der Waals surface area contributed by atoms with Crippen molar-refractivity contribution in [3.05, 3.63) is 108 Å². The molecular weight excluding hydrogens is 560 g/mol. The predicted octanol–water partition coefficient (Wildman–Crippen LogP) is 3.53. The van der Waals surface area contributed by atoms with Crippen LogP contribution in [-0.2, 0) is 32.1 Å². The first-order valence-electron chi connectivity index (χ1n) is 14.7. The Kier molecular flexibility index (Phi) is 8.88. The molecule has 3 N–H and O–H groups in total. The summed E-state index contributed by atoms with van der Waals surface area (Å²) in [6, 6.07) is 28.7. The van der Waals surface area contributed by atoms with E-state index in [1.807, 2.05) is 91.0 Å². The Morgan fingerprint density at radius 3 is 2.45 bits per heavy atom. The van der Waals surface area contributed by atoms with Gasteiger partial charge in [0.15, 0.2) is 6.04 Å². The zero-order chi connectivity index (χ0) is 30.3. The summed E-state index contributed by atoms with van der Waals surface area (Å²) >= 11 is 0. The fourth-order valence-electron chi connectivity index (χ4n) is 5.29.